The summed E-state index contributed by atoms with van der Waals surface area (Å²) in [6, 6.07) is 0. The fraction of sp³-hybridized carbons (Fsp3) is 1.00. The average Bonchev–Trinajstić information content (AvgIpc) is 1.59. The highest BCUT2D eigenvalue weighted by molar-refractivity contribution is 4.43. The van der Waals surface area contributed by atoms with E-state index in [1.807, 2.05) is 0 Å². The predicted octanol–water partition coefficient (Wildman–Crippen LogP) is 2.00. The summed E-state index contributed by atoms with van der Waals surface area (Å²) in [5.74, 6) is 0.508. The third-order valence-corrected chi connectivity index (χ3v) is 1.45. The van der Waals surface area contributed by atoms with Crippen molar-refractivity contribution in [1.82, 2.24) is 0 Å². The lowest BCUT2D eigenvalue weighted by Crippen LogP contribution is -2.41. The van der Waals surface area contributed by atoms with Gasteiger partial charge in [0.25, 0.3) is 0 Å². The van der Waals surface area contributed by atoms with Crippen molar-refractivity contribution in [2.24, 2.45) is 5.92 Å². The van der Waals surface area contributed by atoms with E-state index in [1.54, 1.807) is 7.05 Å². The van der Waals surface area contributed by atoms with Crippen molar-refractivity contribution in [1.29, 1.82) is 0 Å². The van der Waals surface area contributed by atoms with Gasteiger partial charge in [-0.1, -0.05) is 20.8 Å². The van der Waals surface area contributed by atoms with E-state index in [0.717, 1.165) is 19.5 Å². The zero-order chi connectivity index (χ0) is 8.20. The van der Waals surface area contributed by atoms with E-state index in [1.165, 1.54) is 0 Å². The molecule has 0 radical (unpaired) electrons. The molecule has 2 nitrogen and oxygen atoms in total. The summed E-state index contributed by atoms with van der Waals surface area (Å²) >= 11 is 0. The Kier molecular flexibility index (Phi) is 3.91. The predicted molar refractivity (Wildman–Crippen MR) is 44.4 cm³/mol. The third kappa shape index (κ3) is 4.77. The molecule has 0 aliphatic rings. The van der Waals surface area contributed by atoms with Gasteiger partial charge in [0.05, 0.1) is 20.1 Å². The number of nitrogens with zero attached hydrogens (tertiary/aromatic N) is 1. The minimum absolute atomic E-state index is 0.0752. The first kappa shape index (κ1) is 9.92. The van der Waals surface area contributed by atoms with Crippen molar-refractivity contribution in [2.45, 2.75) is 27.2 Å². The van der Waals surface area contributed by atoms with E-state index in [9.17, 15) is 5.21 Å². The Balaban J connectivity index is 3.63. The van der Waals surface area contributed by atoms with Crippen LogP contribution in [-0.2, 0) is 0 Å². The van der Waals surface area contributed by atoms with Crippen LogP contribution < -0.4 is 0 Å². The zero-order valence-corrected chi connectivity index (χ0v) is 7.55. The summed E-state index contributed by atoms with van der Waals surface area (Å²) in [5, 5.41) is 11.5. The zero-order valence-electron chi connectivity index (χ0n) is 7.55. The molecule has 10 heavy (non-hydrogen) atoms. The Hall–Kier alpha value is -0.0800. The molecular formula is C8H19NO. The SMILES string of the molecule is CCC[N+](C)([O-])CC(C)C. The van der Waals surface area contributed by atoms with Crippen LogP contribution in [0.1, 0.15) is 27.2 Å². The second-order valence-electron chi connectivity index (χ2n) is 3.60. The standard InChI is InChI=1S/C8H19NO/c1-5-6-9(4,10)7-8(2)3/h8H,5-7H2,1-4H3. The Morgan fingerprint density at radius 2 is 1.90 bits per heavy atom. The van der Waals surface area contributed by atoms with E-state index in [-0.39, 0.29) is 4.65 Å². The van der Waals surface area contributed by atoms with E-state index < -0.39 is 0 Å². The van der Waals surface area contributed by atoms with Crippen LogP contribution in [0.3, 0.4) is 0 Å². The molecular weight excluding hydrogens is 126 g/mol. The van der Waals surface area contributed by atoms with Crippen LogP contribution in [0.5, 0.6) is 0 Å². The van der Waals surface area contributed by atoms with Crippen LogP contribution in [-0.4, -0.2) is 24.8 Å². The molecule has 62 valence electrons. The fourth-order valence-corrected chi connectivity index (χ4v) is 1.34. The van der Waals surface area contributed by atoms with E-state index >= 15 is 0 Å². The molecule has 0 rings (SSSR count). The Bertz CT molecular complexity index is 89.3. The molecule has 0 heterocycles. The molecule has 0 fully saturated rings. The van der Waals surface area contributed by atoms with Gasteiger partial charge in [-0.05, 0) is 6.42 Å². The van der Waals surface area contributed by atoms with Gasteiger partial charge in [-0.3, -0.25) is 0 Å². The van der Waals surface area contributed by atoms with Crippen molar-refractivity contribution >= 4 is 0 Å². The van der Waals surface area contributed by atoms with Crippen molar-refractivity contribution in [2.75, 3.05) is 20.1 Å². The van der Waals surface area contributed by atoms with Crippen molar-refractivity contribution in [3.05, 3.63) is 5.21 Å². The molecule has 0 aliphatic carbocycles. The molecule has 0 aliphatic heterocycles. The summed E-state index contributed by atoms with van der Waals surface area (Å²) in [7, 11) is 1.75. The largest absolute Gasteiger partial charge is 0.633 e. The van der Waals surface area contributed by atoms with Gasteiger partial charge in [0.1, 0.15) is 0 Å². The van der Waals surface area contributed by atoms with E-state index in [2.05, 4.69) is 20.8 Å². The summed E-state index contributed by atoms with van der Waals surface area (Å²) in [6.07, 6.45) is 0.979. The van der Waals surface area contributed by atoms with Gasteiger partial charge in [0.2, 0.25) is 0 Å². The highest BCUT2D eigenvalue weighted by Crippen LogP contribution is 2.06. The first-order chi connectivity index (χ1) is 4.48. The normalized spacial score (nSPS) is 17.4. The van der Waals surface area contributed by atoms with Gasteiger partial charge in [-0.25, -0.2) is 0 Å². The molecule has 0 aromatic heterocycles. The third-order valence-electron chi connectivity index (χ3n) is 1.45. The minimum atomic E-state index is -0.0752. The number of rotatable bonds is 4. The minimum Gasteiger partial charge on any atom is -0.633 e. The van der Waals surface area contributed by atoms with Crippen LogP contribution in [0.15, 0.2) is 0 Å². The van der Waals surface area contributed by atoms with Gasteiger partial charge >= 0.3 is 0 Å². The lowest BCUT2D eigenvalue weighted by Gasteiger charge is -2.39. The molecule has 0 N–H and O–H groups in total. The van der Waals surface area contributed by atoms with Crippen molar-refractivity contribution in [3.63, 3.8) is 0 Å². The maximum Gasteiger partial charge on any atom is 0.0805 e. The Labute approximate surface area is 64.0 Å². The summed E-state index contributed by atoms with van der Waals surface area (Å²) in [5.41, 5.74) is 0. The first-order valence-electron chi connectivity index (χ1n) is 4.03. The molecule has 0 aromatic carbocycles. The lowest BCUT2D eigenvalue weighted by molar-refractivity contribution is -0.863. The molecule has 1 atom stereocenters. The number of hydrogen-bond donors (Lipinski definition) is 0. The summed E-state index contributed by atoms with van der Waals surface area (Å²) < 4.78 is -0.0752. The second kappa shape index (κ2) is 3.94. The van der Waals surface area contributed by atoms with Gasteiger partial charge in [0.15, 0.2) is 0 Å². The molecule has 0 aromatic rings. The van der Waals surface area contributed by atoms with Crippen LogP contribution in [0.2, 0.25) is 0 Å². The summed E-state index contributed by atoms with van der Waals surface area (Å²) in [6.45, 7) is 7.72. The maximum atomic E-state index is 11.5. The molecule has 0 spiro atoms. The Morgan fingerprint density at radius 1 is 1.40 bits per heavy atom. The molecule has 2 heteroatoms. The van der Waals surface area contributed by atoms with E-state index in [4.69, 9.17) is 0 Å². The van der Waals surface area contributed by atoms with Crippen molar-refractivity contribution < 1.29 is 4.65 Å². The number of hydroxylamine groups is 3. The smallest absolute Gasteiger partial charge is 0.0805 e. The number of quaternary nitrogens is 1. The van der Waals surface area contributed by atoms with Gasteiger partial charge < -0.3 is 9.85 Å². The molecule has 0 amide bonds. The van der Waals surface area contributed by atoms with Crippen LogP contribution >= 0.6 is 0 Å². The molecule has 0 saturated heterocycles. The lowest BCUT2D eigenvalue weighted by atomic mass is 10.2. The van der Waals surface area contributed by atoms with Gasteiger partial charge in [0, 0.05) is 5.92 Å². The summed E-state index contributed by atoms with van der Waals surface area (Å²) in [4.78, 5) is 0. The quantitative estimate of drug-likeness (QED) is 0.438. The maximum absolute atomic E-state index is 11.5. The molecule has 0 saturated carbocycles. The highest BCUT2D eigenvalue weighted by Gasteiger charge is 2.09. The average molecular weight is 145 g/mol. The van der Waals surface area contributed by atoms with Crippen molar-refractivity contribution in [3.8, 4) is 0 Å². The molecule has 1 unspecified atom stereocenters. The monoisotopic (exact) mass is 145 g/mol. The topological polar surface area (TPSA) is 23.1 Å². The van der Waals surface area contributed by atoms with Crippen LogP contribution in [0.25, 0.3) is 0 Å². The first-order valence-corrected chi connectivity index (χ1v) is 4.03. The number of hydrogen-bond acceptors (Lipinski definition) is 1. The fourth-order valence-electron chi connectivity index (χ4n) is 1.34. The van der Waals surface area contributed by atoms with Crippen LogP contribution in [0.4, 0.5) is 0 Å². The van der Waals surface area contributed by atoms with Gasteiger partial charge in [-0.2, -0.15) is 0 Å². The second-order valence-corrected chi connectivity index (χ2v) is 3.60. The van der Waals surface area contributed by atoms with Gasteiger partial charge in [-0.15, -0.1) is 0 Å². The highest BCUT2D eigenvalue weighted by atomic mass is 16.5. The Morgan fingerprint density at radius 3 is 2.20 bits per heavy atom. The van der Waals surface area contributed by atoms with Crippen LogP contribution in [0, 0.1) is 11.1 Å². The molecule has 0 bridgehead atoms. The van der Waals surface area contributed by atoms with E-state index in [0.29, 0.717) is 5.92 Å².